The summed E-state index contributed by atoms with van der Waals surface area (Å²) in [6, 6.07) is 18.6. The Hall–Kier alpha value is -4.67. The van der Waals surface area contributed by atoms with Gasteiger partial charge < -0.3 is 18.9 Å². The van der Waals surface area contributed by atoms with Gasteiger partial charge in [-0.05, 0) is 62.2 Å². The van der Waals surface area contributed by atoms with Crippen LogP contribution in [0.5, 0.6) is 11.5 Å². The van der Waals surface area contributed by atoms with Crippen LogP contribution < -0.4 is 24.4 Å². The highest BCUT2D eigenvalue weighted by Crippen LogP contribution is 2.35. The highest BCUT2D eigenvalue weighted by Gasteiger charge is 2.34. The number of benzene rings is 3. The minimum atomic E-state index is -0.824. The number of thiazole rings is 1. The summed E-state index contributed by atoms with van der Waals surface area (Å²) in [5.41, 5.74) is 2.82. The van der Waals surface area contributed by atoms with E-state index in [1.165, 1.54) is 23.0 Å². The molecule has 5 rings (SSSR count). The van der Waals surface area contributed by atoms with E-state index < -0.39 is 12.0 Å². The molecule has 0 saturated heterocycles. The lowest BCUT2D eigenvalue weighted by Crippen LogP contribution is -2.40. The van der Waals surface area contributed by atoms with E-state index in [0.717, 1.165) is 5.56 Å². The van der Waals surface area contributed by atoms with E-state index in [-0.39, 0.29) is 30.3 Å². The number of fused-ring (bicyclic) bond motifs is 1. The number of esters is 2. The Labute approximate surface area is 268 Å². The van der Waals surface area contributed by atoms with Crippen molar-refractivity contribution in [3.8, 4) is 11.5 Å². The van der Waals surface area contributed by atoms with E-state index in [4.69, 9.17) is 30.5 Å². The second-order valence-electron chi connectivity index (χ2n) is 9.91. The lowest BCUT2D eigenvalue weighted by molar-refractivity contribution is -0.139. The van der Waals surface area contributed by atoms with Crippen LogP contribution in [0.4, 0.5) is 0 Å². The number of methoxy groups -OCH3 is 1. The lowest BCUT2D eigenvalue weighted by Gasteiger charge is -2.25. The first-order valence-electron chi connectivity index (χ1n) is 14.3. The van der Waals surface area contributed by atoms with Crippen LogP contribution in [-0.4, -0.2) is 36.8 Å². The number of nitrogens with zero attached hydrogens (tertiary/aromatic N) is 2. The van der Waals surface area contributed by atoms with Gasteiger partial charge in [0.15, 0.2) is 16.3 Å². The Balaban J connectivity index is 1.57. The largest absolute Gasteiger partial charge is 0.493 e. The van der Waals surface area contributed by atoms with Crippen LogP contribution in [-0.2, 0) is 20.9 Å². The molecule has 0 N–H and O–H groups in total. The summed E-state index contributed by atoms with van der Waals surface area (Å²) in [5, 5.41) is 0.410. The maximum absolute atomic E-state index is 14.1. The number of halogens is 1. The van der Waals surface area contributed by atoms with E-state index in [2.05, 4.69) is 4.99 Å². The topological polar surface area (TPSA) is 105 Å². The molecular weight excluding hydrogens is 616 g/mol. The summed E-state index contributed by atoms with van der Waals surface area (Å²) in [6.45, 7) is 5.85. The van der Waals surface area contributed by atoms with E-state index >= 15 is 0 Å². The van der Waals surface area contributed by atoms with Crippen molar-refractivity contribution in [1.29, 1.82) is 0 Å². The van der Waals surface area contributed by atoms with Crippen LogP contribution in [0.3, 0.4) is 0 Å². The minimum absolute atomic E-state index is 0.170. The predicted octanol–water partition coefficient (Wildman–Crippen LogP) is 5.22. The third-order valence-electron chi connectivity index (χ3n) is 7.08. The number of ether oxygens (including phenoxy) is 4. The van der Waals surface area contributed by atoms with Crippen LogP contribution in [0.15, 0.2) is 87.8 Å². The van der Waals surface area contributed by atoms with Crippen molar-refractivity contribution in [2.75, 3.05) is 20.3 Å². The Kier molecular flexibility index (Phi) is 9.85. The SMILES string of the molecule is CCOC(=O)C1=C(C)N=c2s/c(=C\c3cccc(OC)c3OCc3ccc(C(=O)OCC)cc3)c(=O)n2[C@H]1c1ccccc1Cl. The highest BCUT2D eigenvalue weighted by atomic mass is 35.5. The van der Waals surface area contributed by atoms with Gasteiger partial charge in [0.2, 0.25) is 0 Å². The molecule has 0 aliphatic carbocycles. The van der Waals surface area contributed by atoms with Crippen molar-refractivity contribution in [3.63, 3.8) is 0 Å². The molecule has 0 unspecified atom stereocenters. The molecule has 4 aromatic rings. The minimum Gasteiger partial charge on any atom is -0.493 e. The van der Waals surface area contributed by atoms with Crippen LogP contribution in [0.1, 0.15) is 53.9 Å². The number of para-hydroxylation sites is 1. The molecule has 1 aliphatic rings. The number of carbonyl (C=O) groups excluding carboxylic acids is 2. The molecule has 0 saturated carbocycles. The molecule has 0 amide bonds. The second-order valence-corrected chi connectivity index (χ2v) is 11.3. The summed E-state index contributed by atoms with van der Waals surface area (Å²) >= 11 is 7.80. The molecular formula is C34H31ClN2O7S. The number of hydrogen-bond acceptors (Lipinski definition) is 9. The molecule has 11 heteroatoms. The summed E-state index contributed by atoms with van der Waals surface area (Å²) < 4.78 is 24.1. The normalized spacial score (nSPS) is 14.4. The summed E-state index contributed by atoms with van der Waals surface area (Å²) in [5.74, 6) is -0.0306. The molecule has 0 radical (unpaired) electrons. The van der Waals surface area contributed by atoms with Gasteiger partial charge in [0.25, 0.3) is 5.56 Å². The fraction of sp³-hybridized carbons (Fsp3) is 0.235. The molecule has 0 fully saturated rings. The monoisotopic (exact) mass is 646 g/mol. The third kappa shape index (κ3) is 6.57. The molecule has 45 heavy (non-hydrogen) atoms. The lowest BCUT2D eigenvalue weighted by atomic mass is 9.96. The van der Waals surface area contributed by atoms with Crippen molar-refractivity contribution >= 4 is 41.0 Å². The molecule has 0 bridgehead atoms. The third-order valence-corrected chi connectivity index (χ3v) is 8.41. The Morgan fingerprint density at radius 1 is 0.978 bits per heavy atom. The van der Waals surface area contributed by atoms with E-state index in [0.29, 0.717) is 54.8 Å². The first-order valence-corrected chi connectivity index (χ1v) is 15.5. The Bertz CT molecular complexity index is 1960. The van der Waals surface area contributed by atoms with Crippen molar-refractivity contribution in [2.45, 2.75) is 33.4 Å². The van der Waals surface area contributed by atoms with E-state index in [1.54, 1.807) is 87.5 Å². The number of aromatic nitrogens is 1. The van der Waals surface area contributed by atoms with Gasteiger partial charge in [-0.15, -0.1) is 0 Å². The maximum atomic E-state index is 14.1. The molecule has 232 valence electrons. The van der Waals surface area contributed by atoms with Gasteiger partial charge in [-0.1, -0.05) is 65.4 Å². The van der Waals surface area contributed by atoms with Gasteiger partial charge in [-0.2, -0.15) is 0 Å². The molecule has 9 nitrogen and oxygen atoms in total. The van der Waals surface area contributed by atoms with Crippen molar-refractivity contribution in [1.82, 2.24) is 4.57 Å². The van der Waals surface area contributed by atoms with Crippen molar-refractivity contribution < 1.29 is 28.5 Å². The summed E-state index contributed by atoms with van der Waals surface area (Å²) in [6.07, 6.45) is 1.72. The summed E-state index contributed by atoms with van der Waals surface area (Å²) in [7, 11) is 1.54. The number of hydrogen-bond donors (Lipinski definition) is 0. The fourth-order valence-electron chi connectivity index (χ4n) is 4.99. The zero-order valence-electron chi connectivity index (χ0n) is 25.2. The Morgan fingerprint density at radius 2 is 1.69 bits per heavy atom. The predicted molar refractivity (Wildman–Crippen MR) is 172 cm³/mol. The molecule has 1 aliphatic heterocycles. The van der Waals surface area contributed by atoms with Gasteiger partial charge >= 0.3 is 11.9 Å². The van der Waals surface area contributed by atoms with Gasteiger partial charge in [-0.3, -0.25) is 9.36 Å². The zero-order valence-corrected chi connectivity index (χ0v) is 26.7. The fourth-order valence-corrected chi connectivity index (χ4v) is 6.27. The van der Waals surface area contributed by atoms with E-state index in [1.807, 2.05) is 6.07 Å². The number of rotatable bonds is 10. The van der Waals surface area contributed by atoms with Crippen LogP contribution in [0, 0.1) is 0 Å². The average Bonchev–Trinajstić information content (AvgIpc) is 3.34. The number of allylic oxidation sites excluding steroid dienone is 1. The first-order chi connectivity index (χ1) is 21.8. The average molecular weight is 647 g/mol. The standard InChI is InChI=1S/C34H31ClN2O7S/c1-5-42-32(39)22-16-14-21(15-17-22)19-44-30-23(10-9-13-26(30)41-4)18-27-31(38)37-29(24-11-7-8-12-25(24)35)28(33(40)43-6-2)20(3)36-34(37)45-27/h7-18,29H,5-6,19H2,1-4H3/b27-18-/t29-/m0/s1. The van der Waals surface area contributed by atoms with Gasteiger partial charge in [0.1, 0.15) is 12.6 Å². The molecule has 1 atom stereocenters. The van der Waals surface area contributed by atoms with Gasteiger partial charge in [0, 0.05) is 10.6 Å². The van der Waals surface area contributed by atoms with Crippen LogP contribution >= 0.6 is 22.9 Å². The molecule has 3 aromatic carbocycles. The molecule has 1 aromatic heterocycles. The van der Waals surface area contributed by atoms with Gasteiger partial charge in [0.05, 0.1) is 41.7 Å². The summed E-state index contributed by atoms with van der Waals surface area (Å²) in [4.78, 5) is 44.3. The zero-order chi connectivity index (χ0) is 32.1. The quantitative estimate of drug-likeness (QED) is 0.218. The molecule has 0 spiro atoms. The highest BCUT2D eigenvalue weighted by molar-refractivity contribution is 7.07. The Morgan fingerprint density at radius 3 is 2.38 bits per heavy atom. The van der Waals surface area contributed by atoms with Crippen LogP contribution in [0.25, 0.3) is 6.08 Å². The molecule has 2 heterocycles. The smallest absolute Gasteiger partial charge is 0.338 e. The van der Waals surface area contributed by atoms with Crippen molar-refractivity contribution in [2.24, 2.45) is 4.99 Å². The van der Waals surface area contributed by atoms with Crippen molar-refractivity contribution in [3.05, 3.63) is 125 Å². The van der Waals surface area contributed by atoms with Crippen LogP contribution in [0.2, 0.25) is 5.02 Å². The maximum Gasteiger partial charge on any atom is 0.338 e. The van der Waals surface area contributed by atoms with Gasteiger partial charge in [-0.25, -0.2) is 14.6 Å². The van der Waals surface area contributed by atoms with E-state index in [9.17, 15) is 14.4 Å². The second kappa shape index (κ2) is 14.0. The number of carbonyl (C=O) groups is 2. The first kappa shape index (κ1) is 31.7.